The molecule has 0 heterocycles. The molecule has 2 nitrogen and oxygen atoms in total. The largest absolute Gasteiger partial charge is 0.497 e. The van der Waals surface area contributed by atoms with Crippen molar-refractivity contribution in [3.05, 3.63) is 77.6 Å². The molecule has 0 spiro atoms. The number of rotatable bonds is 7. The highest BCUT2D eigenvalue weighted by molar-refractivity contribution is 5.29. The highest BCUT2D eigenvalue weighted by atomic mass is 19.1. The number of aliphatic hydroxyl groups is 1. The Balaban J connectivity index is 2.13. The van der Waals surface area contributed by atoms with Crippen LogP contribution in [0.3, 0.4) is 0 Å². The molecular formula is C20H23FO2. The molecule has 122 valence electrons. The van der Waals surface area contributed by atoms with E-state index in [4.69, 9.17) is 4.74 Å². The van der Waals surface area contributed by atoms with Gasteiger partial charge in [0.15, 0.2) is 0 Å². The summed E-state index contributed by atoms with van der Waals surface area (Å²) < 4.78 is 19.4. The zero-order valence-electron chi connectivity index (χ0n) is 13.6. The van der Waals surface area contributed by atoms with Crippen LogP contribution in [0.15, 0.2) is 66.5 Å². The molecule has 0 aliphatic heterocycles. The third-order valence-corrected chi connectivity index (χ3v) is 4.06. The number of methoxy groups -OCH3 is 1. The van der Waals surface area contributed by atoms with Crippen molar-refractivity contribution in [1.29, 1.82) is 0 Å². The molecule has 2 aromatic carbocycles. The number of benzene rings is 2. The van der Waals surface area contributed by atoms with Crippen LogP contribution in [0.4, 0.5) is 4.39 Å². The van der Waals surface area contributed by atoms with Gasteiger partial charge >= 0.3 is 0 Å². The predicted octanol–water partition coefficient (Wildman–Crippen LogP) is 4.85. The van der Waals surface area contributed by atoms with E-state index in [0.717, 1.165) is 12.0 Å². The summed E-state index contributed by atoms with van der Waals surface area (Å²) in [4.78, 5) is 0. The Morgan fingerprint density at radius 1 is 1.13 bits per heavy atom. The summed E-state index contributed by atoms with van der Waals surface area (Å²) in [6.07, 6.45) is 1.83. The number of aryl methyl sites for hydroxylation is 1. The summed E-state index contributed by atoms with van der Waals surface area (Å²) in [7, 11) is 1.59. The molecule has 0 aliphatic carbocycles. The third kappa shape index (κ3) is 4.67. The monoisotopic (exact) mass is 314 g/mol. The highest BCUT2D eigenvalue weighted by Crippen LogP contribution is 2.33. The van der Waals surface area contributed by atoms with Crippen LogP contribution < -0.4 is 4.74 Å². The van der Waals surface area contributed by atoms with Gasteiger partial charge in [-0.15, -0.1) is 0 Å². The Labute approximate surface area is 137 Å². The van der Waals surface area contributed by atoms with Crippen LogP contribution >= 0.6 is 0 Å². The van der Waals surface area contributed by atoms with Gasteiger partial charge in [0.25, 0.3) is 0 Å². The Hall–Kier alpha value is -2.13. The minimum absolute atomic E-state index is 0.274. The first-order valence-electron chi connectivity index (χ1n) is 7.83. The van der Waals surface area contributed by atoms with Crippen molar-refractivity contribution < 1.29 is 14.2 Å². The van der Waals surface area contributed by atoms with Gasteiger partial charge in [0.1, 0.15) is 11.6 Å². The molecule has 23 heavy (non-hydrogen) atoms. The van der Waals surface area contributed by atoms with Gasteiger partial charge in [-0.05, 0) is 43.0 Å². The molecule has 0 saturated heterocycles. The van der Waals surface area contributed by atoms with E-state index in [1.165, 1.54) is 6.08 Å². The Kier molecular flexibility index (Phi) is 6.36. The second kappa shape index (κ2) is 8.49. The van der Waals surface area contributed by atoms with E-state index < -0.39 is 12.0 Å². The van der Waals surface area contributed by atoms with Gasteiger partial charge < -0.3 is 9.84 Å². The first kappa shape index (κ1) is 17.2. The van der Waals surface area contributed by atoms with Crippen LogP contribution in [0.2, 0.25) is 0 Å². The molecule has 0 bridgehead atoms. The minimum atomic E-state index is -0.874. The third-order valence-electron chi connectivity index (χ3n) is 4.06. The van der Waals surface area contributed by atoms with Crippen LogP contribution in [-0.4, -0.2) is 12.2 Å². The van der Waals surface area contributed by atoms with E-state index in [-0.39, 0.29) is 5.83 Å². The predicted molar refractivity (Wildman–Crippen MR) is 91.1 cm³/mol. The van der Waals surface area contributed by atoms with Crippen molar-refractivity contribution in [1.82, 2.24) is 0 Å². The lowest BCUT2D eigenvalue weighted by molar-refractivity contribution is 0.109. The van der Waals surface area contributed by atoms with E-state index in [1.807, 2.05) is 30.3 Å². The zero-order chi connectivity index (χ0) is 16.7. The van der Waals surface area contributed by atoms with E-state index in [9.17, 15) is 9.50 Å². The van der Waals surface area contributed by atoms with Crippen molar-refractivity contribution in [2.24, 2.45) is 5.92 Å². The SMILES string of the molecule is C/C=C(\F)[C@@H](CCc1ccccc1)[C@@H](O)c1ccc(OC)cc1. The lowest BCUT2D eigenvalue weighted by Crippen LogP contribution is -2.14. The molecule has 2 aromatic rings. The first-order chi connectivity index (χ1) is 11.2. The quantitative estimate of drug-likeness (QED) is 0.791. The van der Waals surface area contributed by atoms with Gasteiger partial charge in [-0.1, -0.05) is 48.5 Å². The maximum Gasteiger partial charge on any atom is 0.118 e. The average molecular weight is 314 g/mol. The topological polar surface area (TPSA) is 29.5 Å². The van der Waals surface area contributed by atoms with Crippen molar-refractivity contribution in [3.63, 3.8) is 0 Å². The van der Waals surface area contributed by atoms with E-state index in [2.05, 4.69) is 0 Å². The summed E-state index contributed by atoms with van der Waals surface area (Å²) in [6.45, 7) is 1.66. The number of hydrogen-bond acceptors (Lipinski definition) is 2. The molecular weight excluding hydrogens is 291 g/mol. The number of allylic oxidation sites excluding steroid dienone is 1. The van der Waals surface area contributed by atoms with Crippen LogP contribution in [0.5, 0.6) is 5.75 Å². The Bertz CT molecular complexity index is 620. The summed E-state index contributed by atoms with van der Waals surface area (Å²) in [5.41, 5.74) is 1.84. The molecule has 3 heteroatoms. The van der Waals surface area contributed by atoms with Crippen LogP contribution in [0.25, 0.3) is 0 Å². The lowest BCUT2D eigenvalue weighted by Gasteiger charge is -2.22. The van der Waals surface area contributed by atoms with Gasteiger partial charge in [-0.2, -0.15) is 0 Å². The fourth-order valence-corrected chi connectivity index (χ4v) is 2.66. The fraction of sp³-hybridized carbons (Fsp3) is 0.300. The molecule has 2 atom stereocenters. The molecule has 0 fully saturated rings. The minimum Gasteiger partial charge on any atom is -0.497 e. The maximum absolute atomic E-state index is 14.3. The Morgan fingerprint density at radius 3 is 2.35 bits per heavy atom. The molecule has 0 amide bonds. The summed E-state index contributed by atoms with van der Waals surface area (Å²) in [6, 6.07) is 17.0. The van der Waals surface area contributed by atoms with Gasteiger partial charge in [0.05, 0.1) is 13.2 Å². The molecule has 0 saturated carbocycles. The summed E-state index contributed by atoms with van der Waals surface area (Å²) >= 11 is 0. The van der Waals surface area contributed by atoms with E-state index >= 15 is 0 Å². The second-order valence-electron chi connectivity index (χ2n) is 5.52. The van der Waals surface area contributed by atoms with Gasteiger partial charge in [-0.25, -0.2) is 4.39 Å². The Morgan fingerprint density at radius 2 is 1.78 bits per heavy atom. The molecule has 0 radical (unpaired) electrons. The maximum atomic E-state index is 14.3. The van der Waals surface area contributed by atoms with Crippen molar-refractivity contribution in [2.45, 2.75) is 25.9 Å². The average Bonchev–Trinajstić information content (AvgIpc) is 2.62. The number of hydrogen-bond donors (Lipinski definition) is 1. The molecule has 2 rings (SSSR count). The van der Waals surface area contributed by atoms with Crippen LogP contribution in [0, 0.1) is 5.92 Å². The van der Waals surface area contributed by atoms with Crippen molar-refractivity contribution in [3.8, 4) is 5.75 Å². The fourth-order valence-electron chi connectivity index (χ4n) is 2.66. The molecule has 0 aliphatic rings. The first-order valence-corrected chi connectivity index (χ1v) is 7.83. The summed E-state index contributed by atoms with van der Waals surface area (Å²) in [5.74, 6) is -0.105. The summed E-state index contributed by atoms with van der Waals surface area (Å²) in [5, 5.41) is 10.6. The second-order valence-corrected chi connectivity index (χ2v) is 5.52. The molecule has 1 N–H and O–H groups in total. The molecule has 0 aromatic heterocycles. The van der Waals surface area contributed by atoms with Crippen LogP contribution in [0.1, 0.15) is 30.6 Å². The highest BCUT2D eigenvalue weighted by Gasteiger charge is 2.24. The number of halogens is 1. The molecule has 0 unspecified atom stereocenters. The van der Waals surface area contributed by atoms with Crippen LogP contribution in [-0.2, 0) is 6.42 Å². The van der Waals surface area contributed by atoms with Gasteiger partial charge in [0.2, 0.25) is 0 Å². The number of ether oxygens (including phenoxy) is 1. The standard InChI is InChI=1S/C20H23FO2/c1-3-19(21)18(14-9-15-7-5-4-6-8-15)20(22)16-10-12-17(23-2)13-11-16/h3-8,10-13,18,20,22H,9,14H2,1-2H3/b19-3-/t18-,20+/m1/s1. The van der Waals surface area contributed by atoms with Crippen molar-refractivity contribution >= 4 is 0 Å². The van der Waals surface area contributed by atoms with E-state index in [1.54, 1.807) is 38.3 Å². The number of aliphatic hydroxyl groups excluding tert-OH is 1. The normalized spacial score (nSPS) is 14.3. The van der Waals surface area contributed by atoms with E-state index in [0.29, 0.717) is 17.7 Å². The smallest absolute Gasteiger partial charge is 0.118 e. The van der Waals surface area contributed by atoms with Gasteiger partial charge in [-0.3, -0.25) is 0 Å². The zero-order valence-corrected chi connectivity index (χ0v) is 13.6. The van der Waals surface area contributed by atoms with Crippen molar-refractivity contribution in [2.75, 3.05) is 7.11 Å². The van der Waals surface area contributed by atoms with Gasteiger partial charge in [0, 0.05) is 5.92 Å². The lowest BCUT2D eigenvalue weighted by atomic mass is 9.89.